The Labute approximate surface area is 124 Å². The molecular formula is C12H25N5S2. The number of thioether (sulfide) groups is 2. The molecule has 0 aliphatic carbocycles. The van der Waals surface area contributed by atoms with Crippen LogP contribution in [-0.2, 0) is 6.54 Å². The molecule has 7 heteroatoms. The normalized spacial score (nSPS) is 11.4. The maximum absolute atomic E-state index is 4.08. The van der Waals surface area contributed by atoms with Gasteiger partial charge in [0, 0.05) is 12.3 Å². The minimum absolute atomic E-state index is 0.679. The Morgan fingerprint density at radius 3 is 2.89 bits per heavy atom. The van der Waals surface area contributed by atoms with Gasteiger partial charge >= 0.3 is 0 Å². The minimum Gasteiger partial charge on any atom is -0.315 e. The predicted octanol–water partition coefficient (Wildman–Crippen LogP) is 2.15. The molecule has 0 atom stereocenters. The highest BCUT2D eigenvalue weighted by molar-refractivity contribution is 8.00. The molecule has 0 saturated carbocycles. The van der Waals surface area contributed by atoms with Crippen molar-refractivity contribution in [3.05, 3.63) is 0 Å². The second-order valence-electron chi connectivity index (χ2n) is 4.68. The number of nitrogens with one attached hydrogen (secondary N) is 1. The monoisotopic (exact) mass is 303 g/mol. The third-order valence-corrected chi connectivity index (χ3v) is 4.45. The fourth-order valence-electron chi connectivity index (χ4n) is 1.48. The van der Waals surface area contributed by atoms with Crippen molar-refractivity contribution in [2.45, 2.75) is 38.9 Å². The van der Waals surface area contributed by atoms with Crippen LogP contribution in [0.1, 0.15) is 27.2 Å². The Morgan fingerprint density at radius 2 is 2.16 bits per heavy atom. The van der Waals surface area contributed by atoms with Crippen LogP contribution in [0.15, 0.2) is 5.16 Å². The standard InChI is InChI=1S/C12H25N5S2/c1-4-18-8-5-9-19-12-14-15-16-17(12)7-6-13-10-11(2)3/h11,13H,4-10H2,1-3H3. The van der Waals surface area contributed by atoms with E-state index in [1.165, 1.54) is 17.9 Å². The van der Waals surface area contributed by atoms with Crippen molar-refractivity contribution in [2.24, 2.45) is 5.92 Å². The number of tetrazole rings is 1. The Hall–Kier alpha value is -0.270. The first-order valence-electron chi connectivity index (χ1n) is 6.91. The second-order valence-corrected chi connectivity index (χ2v) is 7.14. The van der Waals surface area contributed by atoms with Crippen LogP contribution in [0.2, 0.25) is 0 Å². The summed E-state index contributed by atoms with van der Waals surface area (Å²) in [6, 6.07) is 0. The maximum Gasteiger partial charge on any atom is 0.209 e. The van der Waals surface area contributed by atoms with Crippen LogP contribution in [0.5, 0.6) is 0 Å². The highest BCUT2D eigenvalue weighted by Gasteiger charge is 2.06. The number of hydrogen-bond acceptors (Lipinski definition) is 6. The van der Waals surface area contributed by atoms with Crippen LogP contribution >= 0.6 is 23.5 Å². The Bertz CT molecular complexity index is 330. The molecular weight excluding hydrogens is 278 g/mol. The number of rotatable bonds is 11. The van der Waals surface area contributed by atoms with Crippen molar-refractivity contribution in [3.63, 3.8) is 0 Å². The van der Waals surface area contributed by atoms with Crippen LogP contribution in [-0.4, -0.2) is 50.6 Å². The van der Waals surface area contributed by atoms with Crippen molar-refractivity contribution in [1.29, 1.82) is 0 Å². The maximum atomic E-state index is 4.08. The Kier molecular flexibility index (Phi) is 9.28. The van der Waals surface area contributed by atoms with E-state index >= 15 is 0 Å². The van der Waals surface area contributed by atoms with Crippen LogP contribution < -0.4 is 5.32 Å². The summed E-state index contributed by atoms with van der Waals surface area (Å²) in [5.74, 6) is 4.19. The van der Waals surface area contributed by atoms with Crippen molar-refractivity contribution in [3.8, 4) is 0 Å². The molecule has 1 N–H and O–H groups in total. The van der Waals surface area contributed by atoms with E-state index in [0.717, 1.165) is 30.5 Å². The summed E-state index contributed by atoms with van der Waals surface area (Å²) < 4.78 is 1.89. The number of nitrogens with zero attached hydrogens (tertiary/aromatic N) is 4. The van der Waals surface area contributed by atoms with Crippen molar-refractivity contribution >= 4 is 23.5 Å². The molecule has 0 unspecified atom stereocenters. The predicted molar refractivity (Wildman–Crippen MR) is 83.9 cm³/mol. The quantitative estimate of drug-likeness (QED) is 0.499. The lowest BCUT2D eigenvalue weighted by atomic mass is 10.2. The summed E-state index contributed by atoms with van der Waals surface area (Å²) in [6.45, 7) is 9.41. The van der Waals surface area contributed by atoms with Gasteiger partial charge in [-0.25, -0.2) is 4.68 Å². The average molecular weight is 304 g/mol. The van der Waals surface area contributed by atoms with E-state index in [1.54, 1.807) is 11.8 Å². The summed E-state index contributed by atoms with van der Waals surface area (Å²) >= 11 is 3.74. The molecule has 1 aromatic heterocycles. The summed E-state index contributed by atoms with van der Waals surface area (Å²) in [5.41, 5.74) is 0. The highest BCUT2D eigenvalue weighted by atomic mass is 32.2. The molecule has 0 aliphatic rings. The lowest BCUT2D eigenvalue weighted by Crippen LogP contribution is -2.24. The van der Waals surface area contributed by atoms with Crippen LogP contribution in [0.4, 0.5) is 0 Å². The van der Waals surface area contributed by atoms with E-state index in [0.29, 0.717) is 5.92 Å². The zero-order valence-electron chi connectivity index (χ0n) is 12.1. The minimum atomic E-state index is 0.679. The van der Waals surface area contributed by atoms with E-state index in [1.807, 2.05) is 16.4 Å². The molecule has 1 rings (SSSR count). The summed E-state index contributed by atoms with van der Waals surface area (Å²) in [7, 11) is 0. The molecule has 0 spiro atoms. The average Bonchev–Trinajstić information content (AvgIpc) is 2.82. The van der Waals surface area contributed by atoms with Gasteiger partial charge in [-0.2, -0.15) is 11.8 Å². The first-order chi connectivity index (χ1) is 9.24. The van der Waals surface area contributed by atoms with Crippen LogP contribution in [0.3, 0.4) is 0 Å². The van der Waals surface area contributed by atoms with Gasteiger partial charge in [0.2, 0.25) is 5.16 Å². The largest absolute Gasteiger partial charge is 0.315 e. The summed E-state index contributed by atoms with van der Waals surface area (Å²) in [6.07, 6.45) is 1.21. The van der Waals surface area contributed by atoms with E-state index < -0.39 is 0 Å². The van der Waals surface area contributed by atoms with Crippen LogP contribution in [0.25, 0.3) is 0 Å². The van der Waals surface area contributed by atoms with Gasteiger partial charge in [-0.3, -0.25) is 0 Å². The van der Waals surface area contributed by atoms with Gasteiger partial charge in [-0.1, -0.05) is 32.5 Å². The highest BCUT2D eigenvalue weighted by Crippen LogP contribution is 2.15. The molecule has 0 radical (unpaired) electrons. The summed E-state index contributed by atoms with van der Waals surface area (Å²) in [4.78, 5) is 0. The lowest BCUT2D eigenvalue weighted by molar-refractivity contribution is 0.482. The second kappa shape index (κ2) is 10.5. The zero-order chi connectivity index (χ0) is 13.9. The molecule has 1 aromatic rings. The first kappa shape index (κ1) is 16.8. The van der Waals surface area contributed by atoms with Gasteiger partial charge in [0.15, 0.2) is 0 Å². The topological polar surface area (TPSA) is 55.6 Å². The SMILES string of the molecule is CCSCCCSc1nnnn1CCNCC(C)C. The van der Waals surface area contributed by atoms with Crippen LogP contribution in [0, 0.1) is 5.92 Å². The first-order valence-corrected chi connectivity index (χ1v) is 9.05. The molecule has 0 bridgehead atoms. The smallest absolute Gasteiger partial charge is 0.209 e. The number of aromatic nitrogens is 4. The molecule has 1 heterocycles. The van der Waals surface area contributed by atoms with Gasteiger partial charge in [0.25, 0.3) is 0 Å². The lowest BCUT2D eigenvalue weighted by Gasteiger charge is -2.08. The number of hydrogen-bond donors (Lipinski definition) is 1. The molecule has 0 aromatic carbocycles. The van der Waals surface area contributed by atoms with Gasteiger partial charge in [0.05, 0.1) is 6.54 Å². The fraction of sp³-hybridized carbons (Fsp3) is 0.917. The molecule has 0 fully saturated rings. The summed E-state index contributed by atoms with van der Waals surface area (Å²) in [5, 5.41) is 16.2. The van der Waals surface area contributed by atoms with E-state index in [4.69, 9.17) is 0 Å². The molecule has 0 aliphatic heterocycles. The Balaban J connectivity index is 2.18. The van der Waals surface area contributed by atoms with Gasteiger partial charge in [-0.15, -0.1) is 5.10 Å². The van der Waals surface area contributed by atoms with Crippen molar-refractivity contribution in [1.82, 2.24) is 25.5 Å². The van der Waals surface area contributed by atoms with E-state index in [9.17, 15) is 0 Å². The molecule has 0 amide bonds. The molecule has 5 nitrogen and oxygen atoms in total. The van der Waals surface area contributed by atoms with Gasteiger partial charge in [-0.05, 0) is 40.8 Å². The molecule has 110 valence electrons. The van der Waals surface area contributed by atoms with Crippen molar-refractivity contribution < 1.29 is 0 Å². The van der Waals surface area contributed by atoms with Gasteiger partial charge in [0.1, 0.15) is 0 Å². The van der Waals surface area contributed by atoms with Crippen molar-refractivity contribution in [2.75, 3.05) is 30.3 Å². The van der Waals surface area contributed by atoms with E-state index in [2.05, 4.69) is 41.6 Å². The third-order valence-electron chi connectivity index (χ3n) is 2.42. The zero-order valence-corrected chi connectivity index (χ0v) is 13.8. The fourth-order valence-corrected chi connectivity index (χ4v) is 3.15. The molecule has 19 heavy (non-hydrogen) atoms. The van der Waals surface area contributed by atoms with Gasteiger partial charge < -0.3 is 5.32 Å². The third kappa shape index (κ3) is 7.79. The molecule has 0 saturated heterocycles. The van der Waals surface area contributed by atoms with E-state index in [-0.39, 0.29) is 0 Å². The Morgan fingerprint density at radius 1 is 1.32 bits per heavy atom.